The highest BCUT2D eigenvalue weighted by atomic mass is 16.5. The second-order valence-corrected chi connectivity index (χ2v) is 7.00. The summed E-state index contributed by atoms with van der Waals surface area (Å²) in [6.07, 6.45) is 4.91. The first-order chi connectivity index (χ1) is 15.5. The number of ether oxygens (including phenoxy) is 1. The standard InChI is InChI=1S/C23H19N5O4/c24-21(29)13-32-23(31)20-11-17-9-15(1-2-18(17)28-20)16-5-8-26-19(10-16)22(30)27-12-14-3-6-25-7-4-14/h1-11,28H,12-13H2,(H2,24,29)(H,27,30). The number of amides is 2. The van der Waals surface area contributed by atoms with Gasteiger partial charge in [0.1, 0.15) is 11.4 Å². The first kappa shape index (κ1) is 20.7. The summed E-state index contributed by atoms with van der Waals surface area (Å²) in [4.78, 5) is 46.4. The molecule has 0 aliphatic heterocycles. The van der Waals surface area contributed by atoms with Crippen molar-refractivity contribution >= 4 is 28.7 Å². The topological polar surface area (TPSA) is 140 Å². The van der Waals surface area contributed by atoms with E-state index in [2.05, 4.69) is 20.3 Å². The van der Waals surface area contributed by atoms with Crippen LogP contribution in [0.15, 0.2) is 67.1 Å². The van der Waals surface area contributed by atoms with E-state index in [4.69, 9.17) is 10.5 Å². The lowest BCUT2D eigenvalue weighted by Crippen LogP contribution is -2.23. The summed E-state index contributed by atoms with van der Waals surface area (Å²) in [5.41, 5.74) is 8.81. The number of aromatic nitrogens is 3. The fraction of sp³-hybridized carbons (Fsp3) is 0.0870. The summed E-state index contributed by atoms with van der Waals surface area (Å²) in [7, 11) is 0. The largest absolute Gasteiger partial charge is 0.451 e. The van der Waals surface area contributed by atoms with Crippen LogP contribution in [0.5, 0.6) is 0 Å². The number of carbonyl (C=O) groups excluding carboxylic acids is 3. The van der Waals surface area contributed by atoms with Crippen LogP contribution < -0.4 is 11.1 Å². The van der Waals surface area contributed by atoms with Crippen molar-refractivity contribution in [2.24, 2.45) is 5.73 Å². The minimum Gasteiger partial charge on any atom is -0.451 e. The van der Waals surface area contributed by atoms with Gasteiger partial charge in [0.05, 0.1) is 0 Å². The molecule has 0 aliphatic rings. The third-order valence-electron chi connectivity index (χ3n) is 4.71. The summed E-state index contributed by atoms with van der Waals surface area (Å²) < 4.78 is 4.83. The minimum atomic E-state index is -0.727. The van der Waals surface area contributed by atoms with Gasteiger partial charge in [-0.2, -0.15) is 0 Å². The number of fused-ring (bicyclic) bond motifs is 1. The zero-order chi connectivity index (χ0) is 22.5. The fourth-order valence-electron chi connectivity index (χ4n) is 3.14. The number of hydrogen-bond donors (Lipinski definition) is 3. The molecule has 3 aromatic heterocycles. The van der Waals surface area contributed by atoms with Crippen molar-refractivity contribution < 1.29 is 19.1 Å². The van der Waals surface area contributed by atoms with E-state index in [1.54, 1.807) is 36.8 Å². The summed E-state index contributed by atoms with van der Waals surface area (Å²) >= 11 is 0. The van der Waals surface area contributed by atoms with E-state index in [1.807, 2.05) is 30.3 Å². The minimum absolute atomic E-state index is 0.212. The smallest absolute Gasteiger partial charge is 0.355 e. The zero-order valence-corrected chi connectivity index (χ0v) is 16.9. The van der Waals surface area contributed by atoms with E-state index in [1.165, 1.54) is 0 Å². The Morgan fingerprint density at radius 2 is 1.75 bits per heavy atom. The van der Waals surface area contributed by atoms with Crippen LogP contribution in [0.25, 0.3) is 22.0 Å². The second kappa shape index (κ2) is 9.09. The molecule has 1 aromatic carbocycles. The molecule has 2 amide bonds. The quantitative estimate of drug-likeness (QED) is 0.385. The summed E-state index contributed by atoms with van der Waals surface area (Å²) in [5.74, 6) is -1.68. The van der Waals surface area contributed by atoms with E-state index in [0.717, 1.165) is 27.6 Å². The van der Waals surface area contributed by atoms with E-state index < -0.39 is 18.5 Å². The lowest BCUT2D eigenvalue weighted by molar-refractivity contribution is -0.121. The number of aromatic amines is 1. The van der Waals surface area contributed by atoms with Gasteiger partial charge in [0.15, 0.2) is 6.61 Å². The number of carbonyl (C=O) groups is 3. The van der Waals surface area contributed by atoms with Crippen LogP contribution in [0, 0.1) is 0 Å². The summed E-state index contributed by atoms with van der Waals surface area (Å²) in [6, 6.07) is 14.4. The molecular weight excluding hydrogens is 410 g/mol. The van der Waals surface area contributed by atoms with Gasteiger partial charge in [0, 0.05) is 36.0 Å². The lowest BCUT2D eigenvalue weighted by atomic mass is 10.0. The monoisotopic (exact) mass is 429 g/mol. The molecule has 4 rings (SSSR count). The number of esters is 1. The maximum absolute atomic E-state index is 12.5. The molecule has 0 atom stereocenters. The number of rotatable bonds is 7. The Hall–Kier alpha value is -4.53. The van der Waals surface area contributed by atoms with Crippen molar-refractivity contribution in [3.8, 4) is 11.1 Å². The first-order valence-corrected chi connectivity index (χ1v) is 9.71. The van der Waals surface area contributed by atoms with E-state index in [9.17, 15) is 14.4 Å². The van der Waals surface area contributed by atoms with Gasteiger partial charge in [0.25, 0.3) is 11.8 Å². The highest BCUT2D eigenvalue weighted by Gasteiger charge is 2.13. The van der Waals surface area contributed by atoms with E-state index in [0.29, 0.717) is 12.2 Å². The maximum atomic E-state index is 12.5. The fourth-order valence-corrected chi connectivity index (χ4v) is 3.14. The molecule has 0 fully saturated rings. The normalized spacial score (nSPS) is 10.6. The predicted molar refractivity (Wildman–Crippen MR) is 116 cm³/mol. The molecule has 0 aliphatic carbocycles. The molecule has 0 unspecified atom stereocenters. The summed E-state index contributed by atoms with van der Waals surface area (Å²) in [6.45, 7) is -0.111. The van der Waals surface area contributed by atoms with Crippen molar-refractivity contribution in [3.05, 3.63) is 84.1 Å². The Kier molecular flexibility index (Phi) is 5.89. The van der Waals surface area contributed by atoms with Crippen LogP contribution in [0.4, 0.5) is 0 Å². The molecule has 0 radical (unpaired) electrons. The molecule has 0 bridgehead atoms. The molecular formula is C23H19N5O4. The number of benzene rings is 1. The molecule has 9 heteroatoms. The van der Waals surface area contributed by atoms with Crippen LogP contribution in [0.3, 0.4) is 0 Å². The number of primary amides is 1. The van der Waals surface area contributed by atoms with Crippen LogP contribution >= 0.6 is 0 Å². The van der Waals surface area contributed by atoms with Gasteiger partial charge in [-0.25, -0.2) is 4.79 Å². The number of nitrogens with zero attached hydrogens (tertiary/aromatic N) is 2. The molecule has 32 heavy (non-hydrogen) atoms. The third-order valence-corrected chi connectivity index (χ3v) is 4.71. The van der Waals surface area contributed by atoms with Crippen molar-refractivity contribution in [2.75, 3.05) is 6.61 Å². The van der Waals surface area contributed by atoms with Crippen LogP contribution in [0.2, 0.25) is 0 Å². The predicted octanol–water partition coefficient (Wildman–Crippen LogP) is 2.20. The van der Waals surface area contributed by atoms with E-state index >= 15 is 0 Å². The number of nitrogens with one attached hydrogen (secondary N) is 2. The molecule has 0 saturated carbocycles. The average Bonchev–Trinajstić information content (AvgIpc) is 3.25. The van der Waals surface area contributed by atoms with Gasteiger partial charge in [-0.3, -0.25) is 19.6 Å². The molecule has 0 saturated heterocycles. The third kappa shape index (κ3) is 4.78. The second-order valence-electron chi connectivity index (χ2n) is 7.00. The summed E-state index contributed by atoms with van der Waals surface area (Å²) in [5, 5.41) is 3.61. The van der Waals surface area contributed by atoms with Crippen LogP contribution in [0.1, 0.15) is 26.5 Å². The number of pyridine rings is 2. The van der Waals surface area contributed by atoms with Gasteiger partial charge in [0.2, 0.25) is 0 Å². The number of nitrogens with two attached hydrogens (primary N) is 1. The van der Waals surface area contributed by atoms with E-state index in [-0.39, 0.29) is 11.6 Å². The molecule has 0 spiro atoms. The Labute approximate surface area is 182 Å². The van der Waals surface area contributed by atoms with Crippen LogP contribution in [-0.4, -0.2) is 39.3 Å². The average molecular weight is 429 g/mol. The zero-order valence-electron chi connectivity index (χ0n) is 16.9. The SMILES string of the molecule is NC(=O)COC(=O)c1cc2cc(-c3ccnc(C(=O)NCc4ccncc4)c3)ccc2[nH]1. The number of hydrogen-bond acceptors (Lipinski definition) is 6. The van der Waals surface area contributed by atoms with Crippen molar-refractivity contribution in [1.82, 2.24) is 20.3 Å². The van der Waals surface area contributed by atoms with Gasteiger partial charge >= 0.3 is 5.97 Å². The Morgan fingerprint density at radius 1 is 0.969 bits per heavy atom. The number of H-pyrrole nitrogens is 1. The lowest BCUT2D eigenvalue weighted by Gasteiger charge is -2.07. The Morgan fingerprint density at radius 3 is 2.53 bits per heavy atom. The first-order valence-electron chi connectivity index (χ1n) is 9.71. The van der Waals surface area contributed by atoms with Gasteiger partial charge < -0.3 is 20.8 Å². The van der Waals surface area contributed by atoms with Crippen molar-refractivity contribution in [2.45, 2.75) is 6.54 Å². The van der Waals surface area contributed by atoms with Crippen LogP contribution in [-0.2, 0) is 16.1 Å². The van der Waals surface area contributed by atoms with Crippen molar-refractivity contribution in [1.29, 1.82) is 0 Å². The van der Waals surface area contributed by atoms with Gasteiger partial charge in [-0.05, 0) is 59.2 Å². The molecule has 4 N–H and O–H groups in total. The van der Waals surface area contributed by atoms with Crippen molar-refractivity contribution in [3.63, 3.8) is 0 Å². The maximum Gasteiger partial charge on any atom is 0.355 e. The molecule has 4 aromatic rings. The highest BCUT2D eigenvalue weighted by molar-refractivity contribution is 5.97. The molecule has 3 heterocycles. The highest BCUT2D eigenvalue weighted by Crippen LogP contribution is 2.25. The Balaban J connectivity index is 1.51. The van der Waals surface area contributed by atoms with Gasteiger partial charge in [-0.15, -0.1) is 0 Å². The molecule has 160 valence electrons. The molecule has 9 nitrogen and oxygen atoms in total. The Bertz CT molecular complexity index is 1300. The van der Waals surface area contributed by atoms with Gasteiger partial charge in [-0.1, -0.05) is 6.07 Å².